The summed E-state index contributed by atoms with van der Waals surface area (Å²) in [6.07, 6.45) is 2.22. The molecule has 2 heterocycles. The third-order valence-corrected chi connectivity index (χ3v) is 3.78. The highest BCUT2D eigenvalue weighted by Crippen LogP contribution is 2.15. The lowest BCUT2D eigenvalue weighted by molar-refractivity contribution is -0.124. The summed E-state index contributed by atoms with van der Waals surface area (Å²) in [5.41, 5.74) is 2.84. The summed E-state index contributed by atoms with van der Waals surface area (Å²) in [4.78, 5) is 19.6. The third-order valence-electron chi connectivity index (χ3n) is 3.78. The molecule has 0 saturated heterocycles. The van der Waals surface area contributed by atoms with E-state index in [1.807, 2.05) is 6.92 Å². The largest absolute Gasteiger partial charge is 0.348 e. The maximum atomic E-state index is 12.9. The summed E-state index contributed by atoms with van der Waals surface area (Å²) in [7, 11) is 0. The molecule has 1 aliphatic heterocycles. The quantitative estimate of drug-likeness (QED) is 0.800. The van der Waals surface area contributed by atoms with Crippen LogP contribution in [0.25, 0.3) is 0 Å². The molecule has 110 valence electrons. The van der Waals surface area contributed by atoms with Gasteiger partial charge in [-0.25, -0.2) is 9.37 Å². The molecule has 0 fully saturated rings. The second-order valence-corrected chi connectivity index (χ2v) is 5.25. The molecule has 1 aromatic heterocycles. The molecule has 2 aromatic rings. The predicted octanol–water partition coefficient (Wildman–Crippen LogP) is 1.44. The second-order valence-electron chi connectivity index (χ2n) is 5.25. The van der Waals surface area contributed by atoms with Gasteiger partial charge in [0.05, 0.1) is 29.8 Å². The average molecular weight is 288 g/mol. The number of aromatic amines is 1. The second kappa shape index (κ2) is 5.65. The van der Waals surface area contributed by atoms with Gasteiger partial charge in [0, 0.05) is 13.0 Å². The number of imidazole rings is 1. The normalized spacial score (nSPS) is 18.9. The van der Waals surface area contributed by atoms with E-state index in [9.17, 15) is 9.18 Å². The smallest absolute Gasteiger partial charge is 0.238 e. The molecule has 5 nitrogen and oxygen atoms in total. The lowest BCUT2D eigenvalue weighted by Gasteiger charge is -2.24. The van der Waals surface area contributed by atoms with Crippen molar-refractivity contribution in [1.82, 2.24) is 20.6 Å². The summed E-state index contributed by atoms with van der Waals surface area (Å²) in [5, 5.41) is 6.13. The van der Waals surface area contributed by atoms with Gasteiger partial charge in [-0.1, -0.05) is 12.1 Å². The van der Waals surface area contributed by atoms with Gasteiger partial charge in [0.25, 0.3) is 0 Å². The monoisotopic (exact) mass is 288 g/mol. The third kappa shape index (κ3) is 2.95. The van der Waals surface area contributed by atoms with Gasteiger partial charge in [0.2, 0.25) is 5.91 Å². The molecule has 1 aromatic carbocycles. The highest BCUT2D eigenvalue weighted by Gasteiger charge is 2.26. The van der Waals surface area contributed by atoms with Crippen molar-refractivity contribution in [3.63, 3.8) is 0 Å². The molecule has 0 spiro atoms. The first-order valence-corrected chi connectivity index (χ1v) is 6.94. The zero-order valence-electron chi connectivity index (χ0n) is 11.7. The number of halogens is 1. The molecule has 1 unspecified atom stereocenters. The Morgan fingerprint density at radius 3 is 2.95 bits per heavy atom. The number of carbonyl (C=O) groups excluding carboxylic acids is 1. The first-order valence-electron chi connectivity index (χ1n) is 6.94. The summed E-state index contributed by atoms with van der Waals surface area (Å²) in [6.45, 7) is 2.49. The predicted molar refractivity (Wildman–Crippen MR) is 75.9 cm³/mol. The maximum absolute atomic E-state index is 12.9. The van der Waals surface area contributed by atoms with Crippen molar-refractivity contribution in [3.05, 3.63) is 53.4 Å². The number of nitrogens with one attached hydrogen (secondary N) is 3. The van der Waals surface area contributed by atoms with E-state index in [-0.39, 0.29) is 23.8 Å². The van der Waals surface area contributed by atoms with Gasteiger partial charge >= 0.3 is 0 Å². The standard InChI is InChI=1S/C15H17FN4O/c1-9(10-2-4-11(16)5-3-10)20-15(21)13-6-12-14(7-17-13)19-8-18-12/h2-5,8-9,13,17H,6-7H2,1H3,(H,18,19)(H,20,21)/t9-,13?/m1/s1. The van der Waals surface area contributed by atoms with E-state index < -0.39 is 0 Å². The Morgan fingerprint density at radius 2 is 2.19 bits per heavy atom. The molecule has 6 heteroatoms. The first kappa shape index (κ1) is 13.8. The van der Waals surface area contributed by atoms with Crippen LogP contribution in [-0.2, 0) is 17.8 Å². The fourth-order valence-corrected chi connectivity index (χ4v) is 2.50. The Kier molecular flexibility index (Phi) is 3.70. The highest BCUT2D eigenvalue weighted by atomic mass is 19.1. The van der Waals surface area contributed by atoms with E-state index in [4.69, 9.17) is 0 Å². The van der Waals surface area contributed by atoms with Crippen LogP contribution in [0, 0.1) is 5.82 Å². The number of carbonyl (C=O) groups is 1. The van der Waals surface area contributed by atoms with Crippen molar-refractivity contribution >= 4 is 5.91 Å². The Morgan fingerprint density at radius 1 is 1.43 bits per heavy atom. The summed E-state index contributed by atoms with van der Waals surface area (Å²) < 4.78 is 12.9. The fraction of sp³-hybridized carbons (Fsp3) is 0.333. The van der Waals surface area contributed by atoms with Crippen LogP contribution in [0.5, 0.6) is 0 Å². The van der Waals surface area contributed by atoms with Crippen molar-refractivity contribution in [2.75, 3.05) is 0 Å². The van der Waals surface area contributed by atoms with Crippen molar-refractivity contribution < 1.29 is 9.18 Å². The number of hydrogen-bond acceptors (Lipinski definition) is 3. The van der Waals surface area contributed by atoms with Crippen molar-refractivity contribution in [2.24, 2.45) is 0 Å². The molecular formula is C15H17FN4O. The van der Waals surface area contributed by atoms with E-state index in [2.05, 4.69) is 20.6 Å². The van der Waals surface area contributed by atoms with Crippen LogP contribution >= 0.6 is 0 Å². The van der Waals surface area contributed by atoms with Crippen molar-refractivity contribution in [3.8, 4) is 0 Å². The molecule has 3 N–H and O–H groups in total. The lowest BCUT2D eigenvalue weighted by Crippen LogP contribution is -2.48. The zero-order chi connectivity index (χ0) is 14.8. The molecule has 0 bridgehead atoms. The number of nitrogens with zero attached hydrogens (tertiary/aromatic N) is 1. The minimum absolute atomic E-state index is 0.0690. The average Bonchev–Trinajstić information content (AvgIpc) is 2.95. The Balaban J connectivity index is 1.63. The molecular weight excluding hydrogens is 271 g/mol. The van der Waals surface area contributed by atoms with E-state index >= 15 is 0 Å². The molecule has 1 aliphatic rings. The van der Waals surface area contributed by atoms with Gasteiger partial charge in [-0.15, -0.1) is 0 Å². The zero-order valence-corrected chi connectivity index (χ0v) is 11.7. The van der Waals surface area contributed by atoms with E-state index in [0.717, 1.165) is 17.0 Å². The number of benzene rings is 1. The van der Waals surface area contributed by atoms with Crippen LogP contribution in [0.15, 0.2) is 30.6 Å². The van der Waals surface area contributed by atoms with Crippen molar-refractivity contribution in [1.29, 1.82) is 0 Å². The van der Waals surface area contributed by atoms with Crippen molar-refractivity contribution in [2.45, 2.75) is 32.0 Å². The summed E-state index contributed by atoms with van der Waals surface area (Å²) in [6, 6.07) is 5.70. The number of amides is 1. The molecule has 1 amide bonds. The van der Waals surface area contributed by atoms with Crippen LogP contribution in [0.2, 0.25) is 0 Å². The number of fused-ring (bicyclic) bond motifs is 1. The Bertz CT molecular complexity index is 637. The summed E-state index contributed by atoms with van der Waals surface area (Å²) in [5.74, 6) is -0.349. The Labute approximate surface area is 122 Å². The summed E-state index contributed by atoms with van der Waals surface area (Å²) >= 11 is 0. The molecule has 0 aliphatic carbocycles. The number of rotatable bonds is 3. The van der Waals surface area contributed by atoms with Gasteiger partial charge in [-0.2, -0.15) is 0 Å². The van der Waals surface area contributed by atoms with E-state index in [1.165, 1.54) is 12.1 Å². The molecule has 2 atom stereocenters. The minimum atomic E-state index is -0.288. The van der Waals surface area contributed by atoms with Gasteiger partial charge in [0.1, 0.15) is 5.82 Å². The van der Waals surface area contributed by atoms with Crippen LogP contribution in [-0.4, -0.2) is 21.9 Å². The lowest BCUT2D eigenvalue weighted by atomic mass is 10.0. The van der Waals surface area contributed by atoms with E-state index in [1.54, 1.807) is 18.5 Å². The van der Waals surface area contributed by atoms with Gasteiger partial charge in [0.15, 0.2) is 0 Å². The first-order chi connectivity index (χ1) is 10.1. The molecule has 0 radical (unpaired) electrons. The number of hydrogen-bond donors (Lipinski definition) is 3. The van der Waals surface area contributed by atoms with Crippen LogP contribution in [0.1, 0.15) is 29.9 Å². The SMILES string of the molecule is C[C@@H](NC(=O)C1Cc2nc[nH]c2CN1)c1ccc(F)cc1. The molecule has 0 saturated carbocycles. The number of aromatic nitrogens is 2. The van der Waals surface area contributed by atoms with Gasteiger partial charge in [-0.3, -0.25) is 10.1 Å². The topological polar surface area (TPSA) is 69.8 Å². The highest BCUT2D eigenvalue weighted by molar-refractivity contribution is 5.82. The van der Waals surface area contributed by atoms with Crippen LogP contribution < -0.4 is 10.6 Å². The van der Waals surface area contributed by atoms with Gasteiger partial charge < -0.3 is 10.3 Å². The molecule has 3 rings (SSSR count). The van der Waals surface area contributed by atoms with E-state index in [0.29, 0.717) is 13.0 Å². The number of H-pyrrole nitrogens is 1. The maximum Gasteiger partial charge on any atom is 0.238 e. The van der Waals surface area contributed by atoms with Crippen LogP contribution in [0.4, 0.5) is 4.39 Å². The van der Waals surface area contributed by atoms with Crippen LogP contribution in [0.3, 0.4) is 0 Å². The van der Waals surface area contributed by atoms with Gasteiger partial charge in [-0.05, 0) is 24.6 Å². The fourth-order valence-electron chi connectivity index (χ4n) is 2.50. The Hall–Kier alpha value is -2.21. The molecule has 21 heavy (non-hydrogen) atoms. The minimum Gasteiger partial charge on any atom is -0.348 e.